The largest absolute Gasteiger partial charge is 0.469 e. The van der Waals surface area contributed by atoms with Crippen LogP contribution >= 0.6 is 11.6 Å². The number of aryl methyl sites for hydroxylation is 1. The van der Waals surface area contributed by atoms with Gasteiger partial charge >= 0.3 is 5.97 Å². The summed E-state index contributed by atoms with van der Waals surface area (Å²) in [4.78, 5) is 23.5. The van der Waals surface area contributed by atoms with E-state index in [0.29, 0.717) is 30.7 Å². The van der Waals surface area contributed by atoms with E-state index in [-0.39, 0.29) is 24.1 Å². The number of benzene rings is 1. The molecule has 1 aliphatic rings. The number of hydrogen-bond acceptors (Lipinski definition) is 5. The quantitative estimate of drug-likeness (QED) is 0.319. The predicted molar refractivity (Wildman–Crippen MR) is 121 cm³/mol. The van der Waals surface area contributed by atoms with Gasteiger partial charge in [-0.3, -0.25) is 9.59 Å². The van der Waals surface area contributed by atoms with Gasteiger partial charge < -0.3 is 14.9 Å². The van der Waals surface area contributed by atoms with Crippen LogP contribution in [-0.2, 0) is 20.7 Å². The number of aliphatic hydroxyl groups is 2. The molecule has 2 N–H and O–H groups in total. The average Bonchev–Trinajstić information content (AvgIpc) is 3.00. The Balaban J connectivity index is 1.87. The molecule has 1 aromatic rings. The highest BCUT2D eigenvalue weighted by Crippen LogP contribution is 2.33. The standard InChI is InChI=1S/C25H33ClO5/c1-25(30,14-12-18-8-7-9-19(26)16-18)15-13-21-20(22(27)17-23(21)28)10-5-3-4-6-11-24(29)31-2/h7-9,16,20-21,23,28,30H,3-6,10-12,14,17H2,1-2H3. The second kappa shape index (κ2) is 12.2. The van der Waals surface area contributed by atoms with Crippen molar-refractivity contribution in [2.75, 3.05) is 7.11 Å². The smallest absolute Gasteiger partial charge is 0.305 e. The topological polar surface area (TPSA) is 83.8 Å². The molecular formula is C25H33ClO5. The molecule has 0 saturated heterocycles. The lowest BCUT2D eigenvalue weighted by atomic mass is 9.88. The number of esters is 1. The normalized spacial score (nSPS) is 22.5. The molecule has 6 heteroatoms. The number of ether oxygens (including phenoxy) is 1. The fourth-order valence-electron chi connectivity index (χ4n) is 3.96. The van der Waals surface area contributed by atoms with Crippen molar-refractivity contribution in [3.63, 3.8) is 0 Å². The minimum absolute atomic E-state index is 0.0416. The van der Waals surface area contributed by atoms with Crippen LogP contribution in [0.5, 0.6) is 0 Å². The van der Waals surface area contributed by atoms with Crippen LogP contribution in [0, 0.1) is 23.7 Å². The maximum Gasteiger partial charge on any atom is 0.305 e. The second-order valence-electron chi connectivity index (χ2n) is 8.57. The van der Waals surface area contributed by atoms with E-state index in [1.165, 1.54) is 7.11 Å². The van der Waals surface area contributed by atoms with Crippen molar-refractivity contribution in [2.45, 2.75) is 76.4 Å². The van der Waals surface area contributed by atoms with Gasteiger partial charge in [0.2, 0.25) is 0 Å². The van der Waals surface area contributed by atoms with E-state index >= 15 is 0 Å². The highest BCUT2D eigenvalue weighted by Gasteiger charge is 2.40. The zero-order chi connectivity index (χ0) is 22.9. The molecule has 1 aromatic carbocycles. The van der Waals surface area contributed by atoms with E-state index < -0.39 is 17.6 Å². The number of rotatable bonds is 10. The van der Waals surface area contributed by atoms with Crippen molar-refractivity contribution in [3.8, 4) is 11.8 Å². The Hall–Kier alpha value is -1.87. The highest BCUT2D eigenvalue weighted by molar-refractivity contribution is 6.30. The molecule has 1 aliphatic carbocycles. The number of aliphatic hydroxyl groups excluding tert-OH is 1. The van der Waals surface area contributed by atoms with Crippen molar-refractivity contribution in [1.82, 2.24) is 0 Å². The summed E-state index contributed by atoms with van der Waals surface area (Å²) in [7, 11) is 1.38. The minimum Gasteiger partial charge on any atom is -0.469 e. The summed E-state index contributed by atoms with van der Waals surface area (Å²) in [6, 6.07) is 7.50. The monoisotopic (exact) mass is 448 g/mol. The van der Waals surface area contributed by atoms with E-state index in [2.05, 4.69) is 16.6 Å². The number of methoxy groups -OCH3 is 1. The van der Waals surface area contributed by atoms with Crippen LogP contribution in [-0.4, -0.2) is 40.8 Å². The third-order valence-corrected chi connectivity index (χ3v) is 6.08. The molecule has 0 aromatic heterocycles. The van der Waals surface area contributed by atoms with Crippen LogP contribution < -0.4 is 0 Å². The molecule has 1 fully saturated rings. The van der Waals surface area contributed by atoms with Gasteiger partial charge in [0.05, 0.1) is 19.1 Å². The van der Waals surface area contributed by atoms with Crippen LogP contribution in [0.1, 0.15) is 63.9 Å². The molecule has 0 amide bonds. The molecule has 31 heavy (non-hydrogen) atoms. The first-order valence-corrected chi connectivity index (χ1v) is 11.4. The van der Waals surface area contributed by atoms with Gasteiger partial charge in [0.15, 0.2) is 0 Å². The number of halogens is 1. The zero-order valence-corrected chi connectivity index (χ0v) is 19.2. The average molecular weight is 449 g/mol. The molecule has 0 spiro atoms. The first-order chi connectivity index (χ1) is 14.7. The number of carbonyl (C=O) groups is 2. The van der Waals surface area contributed by atoms with Crippen LogP contribution in [0.2, 0.25) is 5.02 Å². The van der Waals surface area contributed by atoms with E-state index in [9.17, 15) is 19.8 Å². The Morgan fingerprint density at radius 3 is 2.74 bits per heavy atom. The van der Waals surface area contributed by atoms with Crippen LogP contribution in [0.3, 0.4) is 0 Å². The lowest BCUT2D eigenvalue weighted by molar-refractivity contribution is -0.140. The van der Waals surface area contributed by atoms with E-state index in [0.717, 1.165) is 31.2 Å². The van der Waals surface area contributed by atoms with Gasteiger partial charge in [0.25, 0.3) is 0 Å². The van der Waals surface area contributed by atoms with Crippen LogP contribution in [0.25, 0.3) is 0 Å². The number of Topliss-reactive ketones (excluding diaryl/α,β-unsaturated/α-hetero) is 1. The van der Waals surface area contributed by atoms with Gasteiger partial charge in [0, 0.05) is 23.8 Å². The summed E-state index contributed by atoms with van der Waals surface area (Å²) in [6.07, 6.45) is 4.89. The van der Waals surface area contributed by atoms with Crippen LogP contribution in [0.4, 0.5) is 0 Å². The van der Waals surface area contributed by atoms with Crippen molar-refractivity contribution >= 4 is 23.4 Å². The Labute approximate surface area is 190 Å². The van der Waals surface area contributed by atoms with Crippen molar-refractivity contribution in [3.05, 3.63) is 34.9 Å². The van der Waals surface area contributed by atoms with E-state index in [1.807, 2.05) is 18.2 Å². The molecule has 0 aliphatic heterocycles. The third-order valence-electron chi connectivity index (χ3n) is 5.84. The summed E-state index contributed by atoms with van der Waals surface area (Å²) in [5.74, 6) is 5.02. The fraction of sp³-hybridized carbons (Fsp3) is 0.600. The SMILES string of the molecule is COC(=O)CCCCCCC1C(=O)CC(O)C1C#CC(C)(O)CCc1cccc(Cl)c1. The fourth-order valence-corrected chi connectivity index (χ4v) is 4.17. The number of carbonyl (C=O) groups excluding carboxylic acids is 2. The Kier molecular flexibility index (Phi) is 10.0. The minimum atomic E-state index is -1.22. The van der Waals surface area contributed by atoms with E-state index in [4.69, 9.17) is 11.6 Å². The predicted octanol–water partition coefficient (Wildman–Crippen LogP) is 4.11. The van der Waals surface area contributed by atoms with Gasteiger partial charge in [-0.15, -0.1) is 0 Å². The molecule has 0 bridgehead atoms. The van der Waals surface area contributed by atoms with Gasteiger partial charge in [-0.25, -0.2) is 0 Å². The summed E-state index contributed by atoms with van der Waals surface area (Å²) in [5, 5.41) is 21.7. The van der Waals surface area contributed by atoms with E-state index in [1.54, 1.807) is 13.0 Å². The molecule has 4 unspecified atom stereocenters. The number of ketones is 1. The zero-order valence-electron chi connectivity index (χ0n) is 18.4. The van der Waals surface area contributed by atoms with Crippen LogP contribution in [0.15, 0.2) is 24.3 Å². The lowest BCUT2D eigenvalue weighted by Gasteiger charge is -2.19. The molecule has 0 radical (unpaired) electrons. The third kappa shape index (κ3) is 8.65. The second-order valence-corrected chi connectivity index (χ2v) is 9.01. The lowest BCUT2D eigenvalue weighted by Crippen LogP contribution is -2.25. The highest BCUT2D eigenvalue weighted by atomic mass is 35.5. The Morgan fingerprint density at radius 2 is 2.03 bits per heavy atom. The summed E-state index contributed by atoms with van der Waals surface area (Å²) in [5.41, 5.74) is -0.192. The number of hydrogen-bond donors (Lipinski definition) is 2. The van der Waals surface area contributed by atoms with Gasteiger partial charge in [0.1, 0.15) is 11.4 Å². The molecule has 4 atom stereocenters. The van der Waals surface area contributed by atoms with Gasteiger partial charge in [-0.2, -0.15) is 0 Å². The molecule has 0 heterocycles. The molecular weight excluding hydrogens is 416 g/mol. The van der Waals surface area contributed by atoms with Gasteiger partial charge in [-0.05, 0) is 50.3 Å². The summed E-state index contributed by atoms with van der Waals surface area (Å²) >= 11 is 6.01. The maximum absolute atomic E-state index is 12.3. The summed E-state index contributed by atoms with van der Waals surface area (Å²) in [6.45, 7) is 1.66. The van der Waals surface area contributed by atoms with Gasteiger partial charge in [-0.1, -0.05) is 54.8 Å². The number of unbranched alkanes of at least 4 members (excludes halogenated alkanes) is 3. The van der Waals surface area contributed by atoms with Crippen molar-refractivity contribution in [1.29, 1.82) is 0 Å². The van der Waals surface area contributed by atoms with Crippen molar-refractivity contribution < 1.29 is 24.5 Å². The maximum atomic E-state index is 12.3. The van der Waals surface area contributed by atoms with Crippen molar-refractivity contribution in [2.24, 2.45) is 11.8 Å². The first-order valence-electron chi connectivity index (χ1n) is 11.0. The molecule has 1 saturated carbocycles. The molecule has 170 valence electrons. The molecule has 2 rings (SSSR count). The Morgan fingerprint density at radius 1 is 1.29 bits per heavy atom. The Bertz CT molecular complexity index is 808. The first kappa shape index (κ1) is 25.4. The summed E-state index contributed by atoms with van der Waals surface area (Å²) < 4.78 is 4.63. The molecule has 5 nitrogen and oxygen atoms in total.